The minimum Gasteiger partial charge on any atom is -0.0654 e. The first-order chi connectivity index (χ1) is 9.41. The van der Waals surface area contributed by atoms with Crippen molar-refractivity contribution in [1.82, 2.24) is 0 Å². The van der Waals surface area contributed by atoms with E-state index in [0.29, 0.717) is 0 Å². The Morgan fingerprint density at radius 2 is 1.00 bits per heavy atom. The quantitative estimate of drug-likeness (QED) is 0.230. The Morgan fingerprint density at radius 1 is 0.632 bits per heavy atom. The molecule has 0 atom stereocenters. The third-order valence-corrected chi connectivity index (χ3v) is 3.95. The van der Waals surface area contributed by atoms with Gasteiger partial charge in [-0.25, -0.2) is 0 Å². The summed E-state index contributed by atoms with van der Waals surface area (Å²) < 4.78 is 0. The van der Waals surface area contributed by atoms with Crippen LogP contribution in [0.15, 0.2) is 6.08 Å². The highest BCUT2D eigenvalue weighted by Gasteiger charge is 1.93. The van der Waals surface area contributed by atoms with Gasteiger partial charge in [0.2, 0.25) is 0 Å². The topological polar surface area (TPSA) is 0 Å². The average Bonchev–Trinajstić information content (AvgIpc) is 2.43. The number of hydrogen-bond donors (Lipinski definition) is 0. The van der Waals surface area contributed by atoms with Crippen LogP contribution in [0.3, 0.4) is 0 Å². The van der Waals surface area contributed by atoms with Crippen LogP contribution in [0.2, 0.25) is 0 Å². The maximum absolute atomic E-state index is 4.65. The van der Waals surface area contributed by atoms with Crippen molar-refractivity contribution in [2.45, 2.75) is 103 Å². The molecule has 0 nitrogen and oxygen atoms in total. The lowest BCUT2D eigenvalue weighted by Crippen LogP contribution is -1.83. The van der Waals surface area contributed by atoms with Crippen LogP contribution >= 0.6 is 12.2 Å². The molecule has 0 amide bonds. The Hall–Kier alpha value is -0.130. The van der Waals surface area contributed by atoms with E-state index in [4.69, 9.17) is 0 Å². The van der Waals surface area contributed by atoms with E-state index in [1.54, 1.807) is 0 Å². The van der Waals surface area contributed by atoms with E-state index in [1.165, 1.54) is 89.9 Å². The third kappa shape index (κ3) is 17.9. The van der Waals surface area contributed by atoms with Crippen molar-refractivity contribution in [2.75, 3.05) is 0 Å². The van der Waals surface area contributed by atoms with Gasteiger partial charge in [0.15, 0.2) is 0 Å². The molecule has 0 aliphatic heterocycles. The maximum Gasteiger partial charge on any atom is -0.0266 e. The molecule has 0 unspecified atom stereocenters. The summed E-state index contributed by atoms with van der Waals surface area (Å²) >= 11 is 4.65. The van der Waals surface area contributed by atoms with Crippen molar-refractivity contribution in [3.63, 3.8) is 0 Å². The molecule has 0 saturated heterocycles. The molecule has 0 aliphatic rings. The first kappa shape index (κ1) is 18.9. The molecule has 0 saturated carbocycles. The highest BCUT2D eigenvalue weighted by Crippen LogP contribution is 2.13. The van der Waals surface area contributed by atoms with Gasteiger partial charge in [0, 0.05) is 0 Å². The van der Waals surface area contributed by atoms with Gasteiger partial charge in [-0.15, -0.1) is 0 Å². The lowest BCUT2D eigenvalue weighted by atomic mass is 10.0. The van der Waals surface area contributed by atoms with Crippen LogP contribution in [-0.2, 0) is 0 Å². The molecule has 1 heteroatoms. The highest BCUT2D eigenvalue weighted by molar-refractivity contribution is 7.78. The van der Waals surface area contributed by atoms with Crippen molar-refractivity contribution >= 4 is 17.2 Å². The second-order valence-electron chi connectivity index (χ2n) is 5.71. The number of allylic oxidation sites excluding steroid dienone is 1. The second kappa shape index (κ2) is 17.9. The van der Waals surface area contributed by atoms with Crippen LogP contribution in [0.5, 0.6) is 0 Å². The van der Waals surface area contributed by atoms with Gasteiger partial charge < -0.3 is 0 Å². The average molecular weight is 283 g/mol. The van der Waals surface area contributed by atoms with E-state index in [2.05, 4.69) is 24.2 Å². The van der Waals surface area contributed by atoms with Gasteiger partial charge in [0.1, 0.15) is 0 Å². The Labute approximate surface area is 127 Å². The zero-order valence-electron chi connectivity index (χ0n) is 13.1. The zero-order chi connectivity index (χ0) is 14.0. The molecule has 0 radical (unpaired) electrons. The summed E-state index contributed by atoms with van der Waals surface area (Å²) in [6.07, 6.45) is 23.1. The number of unbranched alkanes of at least 4 members (excludes halogenated alkanes) is 14. The van der Waals surface area contributed by atoms with Gasteiger partial charge in [-0.1, -0.05) is 95.4 Å². The molecule has 0 rings (SSSR count). The van der Waals surface area contributed by atoms with Gasteiger partial charge in [-0.05, 0) is 31.1 Å². The van der Waals surface area contributed by atoms with E-state index >= 15 is 0 Å². The van der Waals surface area contributed by atoms with Crippen LogP contribution in [0, 0.1) is 0 Å². The molecule has 0 aromatic rings. The molecule has 0 bridgehead atoms. The smallest absolute Gasteiger partial charge is 0.0266 e. The summed E-state index contributed by atoms with van der Waals surface area (Å²) in [5, 5.41) is 2.67. The van der Waals surface area contributed by atoms with Crippen LogP contribution < -0.4 is 0 Å². The van der Waals surface area contributed by atoms with Crippen molar-refractivity contribution in [3.8, 4) is 0 Å². The van der Waals surface area contributed by atoms with Gasteiger partial charge in [-0.3, -0.25) is 0 Å². The van der Waals surface area contributed by atoms with Crippen molar-refractivity contribution < 1.29 is 0 Å². The molecule has 0 N–H and O–H groups in total. The first-order valence-corrected chi connectivity index (χ1v) is 9.02. The normalized spacial score (nSPS) is 10.4. The molecule has 19 heavy (non-hydrogen) atoms. The van der Waals surface area contributed by atoms with Crippen LogP contribution in [0.1, 0.15) is 103 Å². The van der Waals surface area contributed by atoms with E-state index in [1.807, 2.05) is 6.08 Å². The summed E-state index contributed by atoms with van der Waals surface area (Å²) in [7, 11) is 0. The fourth-order valence-electron chi connectivity index (χ4n) is 2.50. The molecule has 0 aromatic carbocycles. The Balaban J connectivity index is 2.93. The second-order valence-corrected chi connectivity index (χ2v) is 5.94. The Bertz CT molecular complexity index is 204. The molecule has 0 aliphatic carbocycles. The van der Waals surface area contributed by atoms with E-state index in [-0.39, 0.29) is 0 Å². The lowest BCUT2D eigenvalue weighted by Gasteiger charge is -2.02. The molecular formula is C18H34S. The SMILES string of the molecule is CCCCCCCCCCCCCCCCC=C=S. The monoisotopic (exact) mass is 282 g/mol. The molecule has 0 aromatic heterocycles. The van der Waals surface area contributed by atoms with Gasteiger partial charge in [-0.2, -0.15) is 0 Å². The largest absolute Gasteiger partial charge is 0.0654 e. The minimum atomic E-state index is 1.13. The first-order valence-electron chi connectivity index (χ1n) is 8.61. The van der Waals surface area contributed by atoms with Gasteiger partial charge in [0.25, 0.3) is 0 Å². The summed E-state index contributed by atoms with van der Waals surface area (Å²) in [4.78, 5) is 0. The molecule has 0 fully saturated rings. The summed E-state index contributed by atoms with van der Waals surface area (Å²) in [5.74, 6) is 0. The number of rotatable bonds is 15. The fourth-order valence-corrected chi connectivity index (χ4v) is 2.62. The molecule has 112 valence electrons. The Kier molecular flexibility index (Phi) is 17.7. The van der Waals surface area contributed by atoms with Gasteiger partial charge in [0.05, 0.1) is 0 Å². The number of thiocarbonyl (C=S) groups is 1. The van der Waals surface area contributed by atoms with E-state index < -0.39 is 0 Å². The maximum atomic E-state index is 4.65. The zero-order valence-corrected chi connectivity index (χ0v) is 13.9. The molecular weight excluding hydrogens is 248 g/mol. The predicted octanol–water partition coefficient (Wildman–Crippen LogP) is 7.01. The van der Waals surface area contributed by atoms with Crippen molar-refractivity contribution in [1.29, 1.82) is 0 Å². The lowest BCUT2D eigenvalue weighted by molar-refractivity contribution is 0.536. The summed E-state index contributed by atoms with van der Waals surface area (Å²) in [5.41, 5.74) is 0. The standard InChI is InChI=1S/C18H34S/c1-2-3-4-5-6-7-8-9-10-11-12-13-14-15-16-17-18-19/h17H,2-16H2,1H3. The van der Waals surface area contributed by atoms with Gasteiger partial charge >= 0.3 is 0 Å². The van der Waals surface area contributed by atoms with Crippen molar-refractivity contribution in [2.24, 2.45) is 0 Å². The van der Waals surface area contributed by atoms with E-state index in [9.17, 15) is 0 Å². The molecule has 0 heterocycles. The van der Waals surface area contributed by atoms with Crippen LogP contribution in [0.4, 0.5) is 0 Å². The highest BCUT2D eigenvalue weighted by atomic mass is 32.1. The fraction of sp³-hybridized carbons (Fsp3) is 0.889. The summed E-state index contributed by atoms with van der Waals surface area (Å²) in [6.45, 7) is 2.29. The van der Waals surface area contributed by atoms with E-state index in [0.717, 1.165) is 6.42 Å². The number of hydrogen-bond acceptors (Lipinski definition) is 1. The third-order valence-electron chi connectivity index (χ3n) is 3.79. The minimum absolute atomic E-state index is 1.13. The predicted molar refractivity (Wildman–Crippen MR) is 92.1 cm³/mol. The van der Waals surface area contributed by atoms with Crippen LogP contribution in [-0.4, -0.2) is 5.02 Å². The summed E-state index contributed by atoms with van der Waals surface area (Å²) in [6, 6.07) is 0. The van der Waals surface area contributed by atoms with Crippen LogP contribution in [0.25, 0.3) is 0 Å². The Morgan fingerprint density at radius 3 is 1.37 bits per heavy atom. The van der Waals surface area contributed by atoms with Crippen molar-refractivity contribution in [3.05, 3.63) is 6.08 Å². The molecule has 0 spiro atoms.